The second-order valence-electron chi connectivity index (χ2n) is 3.07. The van der Waals surface area contributed by atoms with E-state index in [0.717, 1.165) is 11.0 Å². The average Bonchev–Trinajstić information content (AvgIpc) is 2.68. The molecule has 3 rings (SSSR count). The molecule has 0 unspecified atom stereocenters. The topological polar surface area (TPSA) is 67.4 Å². The van der Waals surface area contributed by atoms with Crippen molar-refractivity contribution in [2.45, 2.75) is 0 Å². The van der Waals surface area contributed by atoms with Gasteiger partial charge in [0, 0.05) is 0 Å². The minimum Gasteiger partial charge on any atom is -0.224 e. The van der Waals surface area contributed by atoms with Crippen LogP contribution < -0.4 is 0 Å². The van der Waals surface area contributed by atoms with Crippen molar-refractivity contribution in [1.82, 2.24) is 19.5 Å². The monoisotopic (exact) mass is 195 g/mol. The highest BCUT2D eigenvalue weighted by molar-refractivity contribution is 5.82. The summed E-state index contributed by atoms with van der Waals surface area (Å²) in [7, 11) is 0. The van der Waals surface area contributed by atoms with Crippen molar-refractivity contribution in [2.75, 3.05) is 0 Å². The van der Waals surface area contributed by atoms with Gasteiger partial charge in [0.15, 0.2) is 17.5 Å². The molecule has 15 heavy (non-hydrogen) atoms. The van der Waals surface area contributed by atoms with Crippen LogP contribution >= 0.6 is 0 Å². The molecule has 2 heterocycles. The van der Waals surface area contributed by atoms with Crippen LogP contribution in [0.5, 0.6) is 0 Å². The average molecular weight is 195 g/mol. The van der Waals surface area contributed by atoms with Crippen LogP contribution in [0.15, 0.2) is 30.6 Å². The Balaban J connectivity index is 2.51. The first kappa shape index (κ1) is 7.88. The lowest BCUT2D eigenvalue weighted by Crippen LogP contribution is -1.90. The Kier molecular flexibility index (Phi) is 1.45. The highest BCUT2D eigenvalue weighted by atomic mass is 15.1. The number of fused-ring (bicyclic) bond motifs is 2. The maximum Gasteiger partial charge on any atom is 0.199 e. The molecule has 0 aliphatic heterocycles. The van der Waals surface area contributed by atoms with E-state index in [0.29, 0.717) is 11.3 Å². The lowest BCUT2D eigenvalue weighted by molar-refractivity contribution is 1.09. The van der Waals surface area contributed by atoms with Gasteiger partial charge in [-0.2, -0.15) is 5.26 Å². The van der Waals surface area contributed by atoms with Crippen molar-refractivity contribution in [3.05, 3.63) is 30.6 Å². The first-order chi connectivity index (χ1) is 7.38. The molecule has 0 amide bonds. The Labute approximate surface area is 84.6 Å². The summed E-state index contributed by atoms with van der Waals surface area (Å²) in [4.78, 5) is 12.6. The number of nitriles is 1. The van der Waals surface area contributed by atoms with E-state index in [-0.39, 0.29) is 0 Å². The maximum absolute atomic E-state index is 8.80. The van der Waals surface area contributed by atoms with E-state index in [9.17, 15) is 0 Å². The molecular formula is C10H5N5. The lowest BCUT2D eigenvalue weighted by atomic mass is 10.3. The summed E-state index contributed by atoms with van der Waals surface area (Å²) in [5.41, 5.74) is 2.54. The smallest absolute Gasteiger partial charge is 0.199 e. The van der Waals surface area contributed by atoms with Crippen molar-refractivity contribution >= 4 is 22.3 Å². The molecule has 0 radical (unpaired) electrons. The fraction of sp³-hybridized carbons (Fsp3) is 0. The molecule has 5 heteroatoms. The molecule has 1 aromatic carbocycles. The van der Waals surface area contributed by atoms with Gasteiger partial charge >= 0.3 is 0 Å². The Hall–Kier alpha value is -2.48. The van der Waals surface area contributed by atoms with Gasteiger partial charge in [-0.15, -0.1) is 0 Å². The fourth-order valence-corrected chi connectivity index (χ4v) is 1.47. The second kappa shape index (κ2) is 2.75. The minimum absolute atomic E-state index is 0.496. The van der Waals surface area contributed by atoms with E-state index < -0.39 is 0 Å². The fourth-order valence-electron chi connectivity index (χ4n) is 1.47. The molecule has 70 valence electrons. The predicted octanol–water partition coefficient (Wildman–Crippen LogP) is 1.31. The van der Waals surface area contributed by atoms with Gasteiger partial charge in [-0.25, -0.2) is 19.5 Å². The molecule has 0 atom stereocenters. The summed E-state index contributed by atoms with van der Waals surface area (Å²) >= 11 is 0. The molecule has 0 aliphatic rings. The first-order valence-electron chi connectivity index (χ1n) is 4.38. The van der Waals surface area contributed by atoms with E-state index in [4.69, 9.17) is 5.26 Å². The normalized spacial score (nSPS) is 10.6. The summed E-state index contributed by atoms with van der Waals surface area (Å²) < 4.78 is 1.30. The molecule has 3 aromatic rings. The number of rotatable bonds is 0. The largest absolute Gasteiger partial charge is 0.224 e. The van der Waals surface area contributed by atoms with Gasteiger partial charge < -0.3 is 0 Å². The molecule has 0 aliphatic carbocycles. The predicted molar refractivity (Wildman–Crippen MR) is 53.8 cm³/mol. The molecule has 0 bridgehead atoms. The number of imidazole rings is 1. The van der Waals surface area contributed by atoms with Crippen molar-refractivity contribution < 1.29 is 0 Å². The van der Waals surface area contributed by atoms with Crippen LogP contribution in [0.2, 0.25) is 0 Å². The number of benzene rings is 1. The van der Waals surface area contributed by atoms with E-state index in [1.165, 1.54) is 10.9 Å². The number of hydrogen-bond donors (Lipinski definition) is 0. The highest BCUT2D eigenvalue weighted by Crippen LogP contribution is 2.13. The van der Waals surface area contributed by atoms with Crippen molar-refractivity contribution in [2.24, 2.45) is 0 Å². The molecule has 2 aromatic heterocycles. The zero-order valence-electron chi connectivity index (χ0n) is 7.62. The molecule has 0 N–H and O–H groups in total. The third kappa shape index (κ3) is 1.05. The molecule has 0 spiro atoms. The summed E-state index contributed by atoms with van der Waals surface area (Å²) in [5.74, 6) is 0. The van der Waals surface area contributed by atoms with Crippen LogP contribution in [-0.2, 0) is 0 Å². The van der Waals surface area contributed by atoms with Crippen molar-refractivity contribution in [3.8, 4) is 6.19 Å². The quantitative estimate of drug-likeness (QED) is 0.542. The first-order valence-corrected chi connectivity index (χ1v) is 4.38. The van der Waals surface area contributed by atoms with Gasteiger partial charge in [-0.1, -0.05) is 12.1 Å². The van der Waals surface area contributed by atoms with Crippen LogP contribution in [0.3, 0.4) is 0 Å². The molecule has 0 saturated heterocycles. The SMILES string of the molecule is N#Cn1cnc2nc3ccccc3nc21. The van der Waals surface area contributed by atoms with Crippen LogP contribution in [0.25, 0.3) is 22.3 Å². The van der Waals surface area contributed by atoms with Gasteiger partial charge in [0.05, 0.1) is 11.0 Å². The maximum atomic E-state index is 8.80. The summed E-state index contributed by atoms with van der Waals surface area (Å²) in [6.07, 6.45) is 3.39. The Morgan fingerprint density at radius 1 is 1.13 bits per heavy atom. The van der Waals surface area contributed by atoms with Gasteiger partial charge in [0.25, 0.3) is 0 Å². The van der Waals surface area contributed by atoms with Crippen molar-refractivity contribution in [3.63, 3.8) is 0 Å². The van der Waals surface area contributed by atoms with E-state index in [1.807, 2.05) is 30.5 Å². The molecule has 0 saturated carbocycles. The second-order valence-corrected chi connectivity index (χ2v) is 3.07. The van der Waals surface area contributed by atoms with Crippen LogP contribution in [0.4, 0.5) is 0 Å². The molecule has 5 nitrogen and oxygen atoms in total. The Morgan fingerprint density at radius 2 is 1.87 bits per heavy atom. The minimum atomic E-state index is 0.496. The third-order valence-electron chi connectivity index (χ3n) is 2.17. The molecular weight excluding hydrogens is 190 g/mol. The summed E-state index contributed by atoms with van der Waals surface area (Å²) in [6, 6.07) is 7.50. The lowest BCUT2D eigenvalue weighted by Gasteiger charge is -1.95. The van der Waals surface area contributed by atoms with Gasteiger partial charge in [-0.3, -0.25) is 0 Å². The van der Waals surface area contributed by atoms with E-state index in [1.54, 1.807) is 0 Å². The standard InChI is InChI=1S/C10H5N5/c11-5-15-6-12-9-10(15)14-8-4-2-1-3-7(8)13-9/h1-4,6H. The third-order valence-corrected chi connectivity index (χ3v) is 2.17. The number of para-hydroxylation sites is 2. The number of aromatic nitrogens is 4. The highest BCUT2D eigenvalue weighted by Gasteiger charge is 2.06. The zero-order chi connectivity index (χ0) is 10.3. The van der Waals surface area contributed by atoms with Crippen LogP contribution in [-0.4, -0.2) is 19.5 Å². The summed E-state index contributed by atoms with van der Waals surface area (Å²) in [6.45, 7) is 0. The van der Waals surface area contributed by atoms with E-state index in [2.05, 4.69) is 15.0 Å². The van der Waals surface area contributed by atoms with Gasteiger partial charge in [-0.05, 0) is 12.1 Å². The van der Waals surface area contributed by atoms with Gasteiger partial charge in [0.2, 0.25) is 0 Å². The van der Waals surface area contributed by atoms with Crippen molar-refractivity contribution in [1.29, 1.82) is 5.26 Å². The Morgan fingerprint density at radius 3 is 2.60 bits per heavy atom. The van der Waals surface area contributed by atoms with Crippen LogP contribution in [0.1, 0.15) is 0 Å². The number of hydrogen-bond acceptors (Lipinski definition) is 4. The summed E-state index contributed by atoms with van der Waals surface area (Å²) in [5, 5.41) is 8.80. The van der Waals surface area contributed by atoms with E-state index >= 15 is 0 Å². The van der Waals surface area contributed by atoms with Gasteiger partial charge in [0.1, 0.15) is 6.33 Å². The Bertz CT molecular complexity index is 692. The zero-order valence-corrected chi connectivity index (χ0v) is 7.62. The molecule has 0 fully saturated rings. The number of nitrogens with zero attached hydrogens (tertiary/aromatic N) is 5. The van der Waals surface area contributed by atoms with Crippen LogP contribution in [0, 0.1) is 11.5 Å².